The first-order valence-corrected chi connectivity index (χ1v) is 8.60. The molecule has 26 heavy (non-hydrogen) atoms. The molecule has 0 saturated carbocycles. The number of hydrazone groups is 1. The smallest absolute Gasteiger partial charge is 0.240 e. The van der Waals surface area contributed by atoms with E-state index < -0.39 is 0 Å². The number of carbonyl (C=O) groups is 1. The molecule has 2 heterocycles. The number of rotatable bonds is 4. The van der Waals surface area contributed by atoms with Crippen molar-refractivity contribution in [2.75, 3.05) is 5.32 Å². The van der Waals surface area contributed by atoms with Gasteiger partial charge in [-0.05, 0) is 17.7 Å². The van der Waals surface area contributed by atoms with Gasteiger partial charge in [0.1, 0.15) is 12.1 Å². The van der Waals surface area contributed by atoms with Gasteiger partial charge in [0.15, 0.2) is 0 Å². The Kier molecular flexibility index (Phi) is 4.31. The summed E-state index contributed by atoms with van der Waals surface area (Å²) in [5.41, 5.74) is 6.45. The van der Waals surface area contributed by atoms with Gasteiger partial charge in [-0.1, -0.05) is 43.3 Å². The normalized spacial score (nSPS) is 16.9. The van der Waals surface area contributed by atoms with Crippen molar-refractivity contribution in [3.05, 3.63) is 66.0 Å². The first kappa shape index (κ1) is 16.2. The SMILES string of the molecule is C[C@H]1CC(=O)NN=C1c1ccc2c(NCc3ccccc3)ncnc2c1. The summed E-state index contributed by atoms with van der Waals surface area (Å²) in [5.74, 6) is 0.841. The number of hydrogen-bond donors (Lipinski definition) is 2. The zero-order valence-electron chi connectivity index (χ0n) is 14.4. The van der Waals surface area contributed by atoms with Crippen LogP contribution in [0.25, 0.3) is 10.9 Å². The van der Waals surface area contributed by atoms with Crippen LogP contribution in [0.15, 0.2) is 60.0 Å². The molecule has 130 valence electrons. The van der Waals surface area contributed by atoms with E-state index in [0.717, 1.165) is 28.0 Å². The zero-order valence-corrected chi connectivity index (χ0v) is 14.4. The Morgan fingerprint density at radius 1 is 1.15 bits per heavy atom. The van der Waals surface area contributed by atoms with Crippen molar-refractivity contribution in [2.45, 2.75) is 19.9 Å². The first-order chi connectivity index (χ1) is 12.7. The van der Waals surface area contributed by atoms with Gasteiger partial charge in [-0.2, -0.15) is 5.10 Å². The van der Waals surface area contributed by atoms with Gasteiger partial charge in [-0.15, -0.1) is 0 Å². The maximum Gasteiger partial charge on any atom is 0.240 e. The number of anilines is 1. The molecule has 4 rings (SSSR count). The molecule has 1 aliphatic rings. The van der Waals surface area contributed by atoms with Crippen LogP contribution < -0.4 is 10.7 Å². The quantitative estimate of drug-likeness (QED) is 0.761. The lowest BCUT2D eigenvalue weighted by Gasteiger charge is -2.19. The molecule has 6 nitrogen and oxygen atoms in total. The molecule has 0 saturated heterocycles. The van der Waals surface area contributed by atoms with Crippen molar-refractivity contribution < 1.29 is 4.79 Å². The Morgan fingerprint density at radius 3 is 2.81 bits per heavy atom. The van der Waals surface area contributed by atoms with Crippen molar-refractivity contribution in [1.29, 1.82) is 0 Å². The summed E-state index contributed by atoms with van der Waals surface area (Å²) in [4.78, 5) is 20.2. The molecule has 0 fully saturated rings. The highest BCUT2D eigenvalue weighted by Gasteiger charge is 2.22. The maximum absolute atomic E-state index is 11.4. The third-order valence-electron chi connectivity index (χ3n) is 4.49. The number of benzene rings is 2. The van der Waals surface area contributed by atoms with Gasteiger partial charge in [0.2, 0.25) is 5.91 Å². The number of nitrogens with one attached hydrogen (secondary N) is 2. The molecule has 1 amide bonds. The minimum absolute atomic E-state index is 0.0447. The summed E-state index contributed by atoms with van der Waals surface area (Å²) in [6.07, 6.45) is 2.01. The van der Waals surface area contributed by atoms with Crippen LogP contribution in [0.3, 0.4) is 0 Å². The Labute approximate surface area is 151 Å². The standard InChI is InChI=1S/C20H19N5O/c1-13-9-18(26)24-25-19(13)15-7-8-16-17(10-15)22-12-23-20(16)21-11-14-5-3-2-4-6-14/h2-8,10,12-13H,9,11H2,1H3,(H,24,26)(H,21,22,23)/t13-/m0/s1. The van der Waals surface area contributed by atoms with E-state index in [4.69, 9.17) is 0 Å². The minimum atomic E-state index is -0.0447. The van der Waals surface area contributed by atoms with Gasteiger partial charge >= 0.3 is 0 Å². The van der Waals surface area contributed by atoms with Crippen LogP contribution in [0.5, 0.6) is 0 Å². The predicted molar refractivity (Wildman–Crippen MR) is 102 cm³/mol. The number of hydrogen-bond acceptors (Lipinski definition) is 5. The number of aromatic nitrogens is 2. The predicted octanol–water partition coefficient (Wildman–Crippen LogP) is 3.10. The largest absolute Gasteiger partial charge is 0.365 e. The average molecular weight is 345 g/mol. The fourth-order valence-corrected chi connectivity index (χ4v) is 3.14. The van der Waals surface area contributed by atoms with Gasteiger partial charge in [-0.3, -0.25) is 4.79 Å². The van der Waals surface area contributed by atoms with Crippen LogP contribution in [0.2, 0.25) is 0 Å². The van der Waals surface area contributed by atoms with E-state index in [2.05, 4.69) is 37.9 Å². The molecule has 0 radical (unpaired) electrons. The molecule has 6 heteroatoms. The molecule has 1 aromatic heterocycles. The molecular formula is C20H19N5O. The summed E-state index contributed by atoms with van der Waals surface area (Å²) in [6.45, 7) is 2.71. The zero-order chi connectivity index (χ0) is 17.9. The molecule has 0 bridgehead atoms. The minimum Gasteiger partial charge on any atom is -0.365 e. The summed E-state index contributed by atoms with van der Waals surface area (Å²) < 4.78 is 0. The Morgan fingerprint density at radius 2 is 2.00 bits per heavy atom. The summed E-state index contributed by atoms with van der Waals surface area (Å²) in [5, 5.41) is 8.56. The second kappa shape index (κ2) is 6.92. The van der Waals surface area contributed by atoms with Crippen molar-refractivity contribution in [3.63, 3.8) is 0 Å². The van der Waals surface area contributed by atoms with E-state index >= 15 is 0 Å². The van der Waals surface area contributed by atoms with E-state index in [9.17, 15) is 4.79 Å². The molecule has 0 spiro atoms. The highest BCUT2D eigenvalue weighted by Crippen LogP contribution is 2.24. The second-order valence-electron chi connectivity index (χ2n) is 6.43. The first-order valence-electron chi connectivity index (χ1n) is 8.60. The van der Waals surface area contributed by atoms with E-state index in [1.165, 1.54) is 5.56 Å². The third-order valence-corrected chi connectivity index (χ3v) is 4.49. The van der Waals surface area contributed by atoms with Gasteiger partial charge in [0, 0.05) is 29.8 Å². The number of carbonyl (C=O) groups excluding carboxylic acids is 1. The number of fused-ring (bicyclic) bond motifs is 1. The topological polar surface area (TPSA) is 79.3 Å². The van der Waals surface area contributed by atoms with E-state index in [1.807, 2.05) is 43.3 Å². The van der Waals surface area contributed by atoms with Gasteiger partial charge in [-0.25, -0.2) is 15.4 Å². The van der Waals surface area contributed by atoms with Crippen molar-refractivity contribution in [2.24, 2.45) is 11.0 Å². The van der Waals surface area contributed by atoms with E-state index in [-0.39, 0.29) is 11.8 Å². The molecule has 1 aliphatic heterocycles. The highest BCUT2D eigenvalue weighted by atomic mass is 16.2. The Hall–Kier alpha value is -3.28. The lowest BCUT2D eigenvalue weighted by Crippen LogP contribution is -2.31. The average Bonchev–Trinajstić information content (AvgIpc) is 2.66. The second-order valence-corrected chi connectivity index (χ2v) is 6.43. The summed E-state index contributed by atoms with van der Waals surface area (Å²) in [7, 11) is 0. The monoisotopic (exact) mass is 345 g/mol. The van der Waals surface area contributed by atoms with Crippen LogP contribution in [0.4, 0.5) is 5.82 Å². The number of nitrogens with zero attached hydrogens (tertiary/aromatic N) is 3. The van der Waals surface area contributed by atoms with Crippen molar-refractivity contribution in [1.82, 2.24) is 15.4 Å². The lowest BCUT2D eigenvalue weighted by molar-refractivity contribution is -0.121. The molecule has 0 unspecified atom stereocenters. The van der Waals surface area contributed by atoms with Gasteiger partial charge < -0.3 is 5.32 Å². The van der Waals surface area contributed by atoms with E-state index in [0.29, 0.717) is 13.0 Å². The van der Waals surface area contributed by atoms with Crippen LogP contribution >= 0.6 is 0 Å². The number of amides is 1. The van der Waals surface area contributed by atoms with Gasteiger partial charge in [0.05, 0.1) is 11.2 Å². The maximum atomic E-state index is 11.4. The molecule has 2 N–H and O–H groups in total. The highest BCUT2D eigenvalue weighted by molar-refractivity contribution is 6.07. The fraction of sp³-hybridized carbons (Fsp3) is 0.200. The Bertz CT molecular complexity index is 984. The van der Waals surface area contributed by atoms with Crippen molar-refractivity contribution >= 4 is 28.3 Å². The molecule has 0 aliphatic carbocycles. The third kappa shape index (κ3) is 3.26. The fourth-order valence-electron chi connectivity index (χ4n) is 3.14. The Balaban J connectivity index is 1.63. The van der Waals surface area contributed by atoms with Crippen LogP contribution in [0.1, 0.15) is 24.5 Å². The molecule has 3 aromatic rings. The van der Waals surface area contributed by atoms with Crippen molar-refractivity contribution in [3.8, 4) is 0 Å². The summed E-state index contributed by atoms with van der Waals surface area (Å²) in [6, 6.07) is 16.2. The van der Waals surface area contributed by atoms with Crippen LogP contribution in [-0.4, -0.2) is 21.6 Å². The molecular weight excluding hydrogens is 326 g/mol. The van der Waals surface area contributed by atoms with Crippen LogP contribution in [-0.2, 0) is 11.3 Å². The lowest BCUT2D eigenvalue weighted by atomic mass is 9.93. The summed E-state index contributed by atoms with van der Waals surface area (Å²) >= 11 is 0. The molecule has 1 atom stereocenters. The molecule has 2 aromatic carbocycles. The van der Waals surface area contributed by atoms with E-state index in [1.54, 1.807) is 6.33 Å². The van der Waals surface area contributed by atoms with Gasteiger partial charge in [0.25, 0.3) is 0 Å². The van der Waals surface area contributed by atoms with Crippen LogP contribution in [0, 0.1) is 5.92 Å².